The van der Waals surface area contributed by atoms with Crippen LogP contribution in [-0.2, 0) is 65.4 Å². The fourth-order valence-corrected chi connectivity index (χ4v) is 15.1. The van der Waals surface area contributed by atoms with Gasteiger partial charge in [0.1, 0.15) is 19.3 Å². The predicted molar refractivity (Wildman–Crippen MR) is 437 cm³/mol. The summed E-state index contributed by atoms with van der Waals surface area (Å²) in [5.74, 6) is 1.02. The van der Waals surface area contributed by atoms with Crippen molar-refractivity contribution in [3.8, 4) is 0 Å². The van der Waals surface area contributed by atoms with E-state index in [0.29, 0.717) is 31.6 Å². The number of hydrogen-bond donors (Lipinski definition) is 3. The lowest BCUT2D eigenvalue weighted by Gasteiger charge is -2.21. The third-order valence-corrected chi connectivity index (χ3v) is 22.2. The topological polar surface area (TPSA) is 237 Å². The van der Waals surface area contributed by atoms with E-state index in [1.807, 2.05) is 0 Å². The second kappa shape index (κ2) is 75.7. The van der Waals surface area contributed by atoms with E-state index in [0.717, 1.165) is 114 Å². The Labute approximate surface area is 651 Å². The lowest BCUT2D eigenvalue weighted by Crippen LogP contribution is -2.30. The Morgan fingerprint density at radius 3 is 0.585 bits per heavy atom. The molecule has 0 heterocycles. The highest BCUT2D eigenvalue weighted by atomic mass is 31.2. The molecule has 0 saturated heterocycles. The molecule has 5 atom stereocenters. The number of esters is 4. The van der Waals surface area contributed by atoms with Gasteiger partial charge in [0.05, 0.1) is 26.4 Å². The molecule has 0 aliphatic carbocycles. The lowest BCUT2D eigenvalue weighted by molar-refractivity contribution is -0.161. The first-order valence-electron chi connectivity index (χ1n) is 44.7. The first-order chi connectivity index (χ1) is 51.1. The minimum Gasteiger partial charge on any atom is -0.462 e. The van der Waals surface area contributed by atoms with Gasteiger partial charge in [0, 0.05) is 25.7 Å². The fourth-order valence-electron chi connectivity index (χ4n) is 13.5. The van der Waals surface area contributed by atoms with E-state index < -0.39 is 97.5 Å². The van der Waals surface area contributed by atoms with Gasteiger partial charge in [-0.15, -0.1) is 0 Å². The van der Waals surface area contributed by atoms with Crippen LogP contribution in [0.4, 0.5) is 0 Å². The van der Waals surface area contributed by atoms with E-state index >= 15 is 0 Å². The number of carbonyl (C=O) groups excluding carboxylic acids is 4. The molecule has 0 aliphatic heterocycles. The summed E-state index contributed by atoms with van der Waals surface area (Å²) in [7, 11) is -9.93. The van der Waals surface area contributed by atoms with Gasteiger partial charge in [0.25, 0.3) is 0 Å². The minimum absolute atomic E-state index is 0.107. The zero-order valence-electron chi connectivity index (χ0n) is 70.1. The third kappa shape index (κ3) is 80.1. The molecule has 0 radical (unpaired) electrons. The van der Waals surface area contributed by atoms with E-state index in [1.165, 1.54) is 250 Å². The van der Waals surface area contributed by atoms with Crippen molar-refractivity contribution in [2.24, 2.45) is 23.7 Å². The molecule has 19 heteroatoms. The monoisotopic (exact) mass is 1550 g/mol. The Balaban J connectivity index is 5.23. The molecular weight excluding hydrogens is 1380 g/mol. The molecule has 0 aliphatic rings. The van der Waals surface area contributed by atoms with E-state index in [1.54, 1.807) is 0 Å². The summed E-state index contributed by atoms with van der Waals surface area (Å²) in [6.07, 6.45) is 65.4. The van der Waals surface area contributed by atoms with Gasteiger partial charge in [-0.25, -0.2) is 9.13 Å². The highest BCUT2D eigenvalue weighted by molar-refractivity contribution is 7.47. The Morgan fingerprint density at radius 2 is 0.396 bits per heavy atom. The van der Waals surface area contributed by atoms with Crippen LogP contribution in [0.25, 0.3) is 0 Å². The number of phosphoric ester groups is 2. The summed E-state index contributed by atoms with van der Waals surface area (Å²) in [6, 6.07) is 0. The highest BCUT2D eigenvalue weighted by Gasteiger charge is 2.31. The maximum Gasteiger partial charge on any atom is 0.472 e. The van der Waals surface area contributed by atoms with Crippen molar-refractivity contribution in [1.29, 1.82) is 0 Å². The van der Waals surface area contributed by atoms with Crippen LogP contribution in [0, 0.1) is 23.7 Å². The Hall–Kier alpha value is -1.94. The first-order valence-corrected chi connectivity index (χ1v) is 47.7. The minimum atomic E-state index is -4.97. The van der Waals surface area contributed by atoms with E-state index in [9.17, 15) is 43.2 Å². The summed E-state index contributed by atoms with van der Waals surface area (Å²) in [6.45, 7) is 14.3. The number of unbranched alkanes of at least 4 members (excludes halogenated alkanes) is 50. The van der Waals surface area contributed by atoms with E-state index in [4.69, 9.17) is 37.0 Å². The summed E-state index contributed by atoms with van der Waals surface area (Å²) < 4.78 is 68.9. The van der Waals surface area contributed by atoms with E-state index in [2.05, 4.69) is 55.4 Å². The molecule has 0 aromatic carbocycles. The van der Waals surface area contributed by atoms with Gasteiger partial charge in [0.15, 0.2) is 12.2 Å². The van der Waals surface area contributed by atoms with Crippen LogP contribution in [0.5, 0.6) is 0 Å². The van der Waals surface area contributed by atoms with Gasteiger partial charge in [-0.2, -0.15) is 0 Å². The molecule has 3 N–H and O–H groups in total. The van der Waals surface area contributed by atoms with Gasteiger partial charge in [0.2, 0.25) is 0 Å². The first kappa shape index (κ1) is 104. The number of hydrogen-bond acceptors (Lipinski definition) is 15. The molecule has 0 aromatic rings. The lowest BCUT2D eigenvalue weighted by atomic mass is 10.0. The van der Waals surface area contributed by atoms with Crippen LogP contribution in [0.15, 0.2) is 0 Å². The highest BCUT2D eigenvalue weighted by Crippen LogP contribution is 2.45. The van der Waals surface area contributed by atoms with Gasteiger partial charge < -0.3 is 33.8 Å². The van der Waals surface area contributed by atoms with Crippen molar-refractivity contribution in [2.45, 2.75) is 472 Å². The van der Waals surface area contributed by atoms with Crippen molar-refractivity contribution in [2.75, 3.05) is 39.6 Å². The molecule has 17 nitrogen and oxygen atoms in total. The number of aliphatic hydroxyl groups excluding tert-OH is 1. The Kier molecular flexibility index (Phi) is 74.3. The molecule has 0 rings (SSSR count). The summed E-state index contributed by atoms with van der Waals surface area (Å²) in [5.41, 5.74) is 0. The molecule has 0 amide bonds. The van der Waals surface area contributed by atoms with Gasteiger partial charge in [-0.3, -0.25) is 37.3 Å². The molecule has 0 aromatic heterocycles. The number of phosphoric acid groups is 2. The van der Waals surface area contributed by atoms with Crippen LogP contribution in [0.2, 0.25) is 0 Å². The van der Waals surface area contributed by atoms with Gasteiger partial charge in [-0.05, 0) is 49.4 Å². The standard InChI is InChI=1S/C87H170O17P2/c1-77(2)63-55-47-39-32-26-20-14-9-11-17-23-29-35-43-51-59-67-84(89)97-73-82(103-86(91)69-61-53-44-36-30-24-18-12-10-15-21-27-33-40-48-56-64-78(3)4)75-101-105(93,94)99-71-81(88)72-100-106(95,96)102-76-83(74-98-85(90)68-60-52-46-38-42-50-58-66-80(7)8)104-87(92)70-62-54-45-37-31-25-19-13-16-22-28-34-41-49-57-65-79(5)6/h77-83,88H,9-76H2,1-8H3,(H,93,94)(H,95,96)/t81?,82-,83-/m1/s1. The number of aliphatic hydroxyl groups is 1. The largest absolute Gasteiger partial charge is 0.472 e. The van der Waals surface area contributed by atoms with Crippen molar-refractivity contribution in [1.82, 2.24) is 0 Å². The SMILES string of the molecule is CC(C)CCCCCCCCCCCCCCCCCCC(=O)OC[C@H](COP(=O)(O)OCC(O)COP(=O)(O)OC[C@@H](COC(=O)CCCCCCCCCC(C)C)OC(=O)CCCCCCCCCCCCCCCCCC(C)C)OC(=O)CCCCCCCCCCCCCCCCCCC(C)C. The second-order valence-corrected chi connectivity index (χ2v) is 36.1. The number of rotatable bonds is 84. The fraction of sp³-hybridized carbons (Fsp3) is 0.954. The third-order valence-electron chi connectivity index (χ3n) is 20.3. The van der Waals surface area contributed by atoms with Crippen LogP contribution in [0.3, 0.4) is 0 Å². The van der Waals surface area contributed by atoms with Crippen molar-refractivity contribution < 1.29 is 80.2 Å². The summed E-state index contributed by atoms with van der Waals surface area (Å²) >= 11 is 0. The predicted octanol–water partition coefficient (Wildman–Crippen LogP) is 26.3. The molecular formula is C87H170O17P2. The average molecular weight is 1550 g/mol. The van der Waals surface area contributed by atoms with Crippen molar-refractivity contribution in [3.63, 3.8) is 0 Å². The molecule has 0 saturated carbocycles. The zero-order chi connectivity index (χ0) is 78.1. The molecule has 106 heavy (non-hydrogen) atoms. The second-order valence-electron chi connectivity index (χ2n) is 33.2. The average Bonchev–Trinajstić information content (AvgIpc) is 0.914. The molecule has 0 fully saturated rings. The Bertz CT molecular complexity index is 2060. The normalized spacial score (nSPS) is 13.9. The zero-order valence-corrected chi connectivity index (χ0v) is 71.9. The van der Waals surface area contributed by atoms with Crippen LogP contribution < -0.4 is 0 Å². The summed E-state index contributed by atoms with van der Waals surface area (Å²) in [4.78, 5) is 73.2. The van der Waals surface area contributed by atoms with Crippen LogP contribution >= 0.6 is 15.6 Å². The summed E-state index contributed by atoms with van der Waals surface area (Å²) in [5, 5.41) is 10.7. The van der Waals surface area contributed by atoms with Crippen LogP contribution in [0.1, 0.15) is 453 Å². The smallest absolute Gasteiger partial charge is 0.462 e. The maximum absolute atomic E-state index is 13.2. The van der Waals surface area contributed by atoms with Gasteiger partial charge >= 0.3 is 39.5 Å². The maximum atomic E-state index is 13.2. The van der Waals surface area contributed by atoms with Crippen molar-refractivity contribution >= 4 is 39.5 Å². The van der Waals surface area contributed by atoms with Crippen molar-refractivity contribution in [3.05, 3.63) is 0 Å². The van der Waals surface area contributed by atoms with Gasteiger partial charge in [-0.1, -0.05) is 402 Å². The number of ether oxygens (including phenoxy) is 4. The quantitative estimate of drug-likeness (QED) is 0.0222. The molecule has 3 unspecified atom stereocenters. The number of carbonyl (C=O) groups is 4. The molecule has 0 bridgehead atoms. The Morgan fingerprint density at radius 1 is 0.236 bits per heavy atom. The van der Waals surface area contributed by atoms with E-state index in [-0.39, 0.29) is 25.7 Å². The van der Waals surface area contributed by atoms with Crippen LogP contribution in [-0.4, -0.2) is 96.7 Å². The molecule has 0 spiro atoms. The molecule has 630 valence electrons.